The second-order valence-electron chi connectivity index (χ2n) is 12.2. The van der Waals surface area contributed by atoms with Gasteiger partial charge in [0, 0.05) is 36.6 Å². The Morgan fingerprint density at radius 2 is 1.50 bits per heavy atom. The number of anilines is 3. The summed E-state index contributed by atoms with van der Waals surface area (Å²) in [6, 6.07) is 26.1. The SMILES string of the molecule is CC(C)c1ccc(C(C(=O)Nc2ccc(N3CCOCC3)cc2)N(Cc2ccccc2F)C(=O)CN2C(=O)C(=O)c3ccccc32)cc1. The van der Waals surface area contributed by atoms with Crippen LogP contribution < -0.4 is 15.1 Å². The Morgan fingerprint density at radius 3 is 2.19 bits per heavy atom. The molecule has 1 saturated heterocycles. The van der Waals surface area contributed by atoms with Gasteiger partial charge in [0.2, 0.25) is 5.91 Å². The molecule has 9 nitrogen and oxygen atoms in total. The quantitative estimate of drug-likeness (QED) is 0.221. The van der Waals surface area contributed by atoms with Crippen molar-refractivity contribution in [3.63, 3.8) is 0 Å². The van der Waals surface area contributed by atoms with E-state index in [0.717, 1.165) is 29.2 Å². The number of ether oxygens (including phenoxy) is 1. The summed E-state index contributed by atoms with van der Waals surface area (Å²) in [5.74, 6) is -3.00. The molecular weight excluding hydrogens is 611 g/mol. The molecule has 3 amide bonds. The average Bonchev–Trinajstić information content (AvgIpc) is 3.34. The van der Waals surface area contributed by atoms with Crippen molar-refractivity contribution >= 4 is 40.6 Å². The third-order valence-corrected chi connectivity index (χ3v) is 8.78. The van der Waals surface area contributed by atoms with E-state index in [1.165, 1.54) is 17.0 Å². The number of nitrogens with zero attached hydrogens (tertiary/aromatic N) is 3. The molecule has 4 aromatic carbocycles. The second-order valence-corrected chi connectivity index (χ2v) is 12.2. The number of ketones is 1. The lowest BCUT2D eigenvalue weighted by molar-refractivity contribution is -0.139. The maximum atomic E-state index is 15.1. The molecule has 1 N–H and O–H groups in total. The fraction of sp³-hybridized carbons (Fsp3) is 0.263. The Bertz CT molecular complexity index is 1820. The van der Waals surface area contributed by atoms with Crippen molar-refractivity contribution in [2.24, 2.45) is 0 Å². The summed E-state index contributed by atoms with van der Waals surface area (Å²) in [7, 11) is 0. The van der Waals surface area contributed by atoms with Crippen LogP contribution in [0, 0.1) is 5.82 Å². The first-order chi connectivity index (χ1) is 23.2. The molecule has 2 heterocycles. The van der Waals surface area contributed by atoms with E-state index in [0.29, 0.717) is 30.2 Å². The van der Waals surface area contributed by atoms with Crippen molar-refractivity contribution < 1.29 is 28.3 Å². The number of fused-ring (bicyclic) bond motifs is 1. The minimum atomic E-state index is -1.21. The van der Waals surface area contributed by atoms with E-state index in [-0.39, 0.29) is 23.6 Å². The summed E-state index contributed by atoms with van der Waals surface area (Å²) in [5.41, 5.74) is 3.79. The van der Waals surface area contributed by atoms with Gasteiger partial charge < -0.3 is 19.9 Å². The number of benzene rings is 4. The monoisotopic (exact) mass is 648 g/mol. The van der Waals surface area contributed by atoms with E-state index >= 15 is 4.39 Å². The summed E-state index contributed by atoms with van der Waals surface area (Å²) >= 11 is 0. The van der Waals surface area contributed by atoms with Crippen LogP contribution in [0.5, 0.6) is 0 Å². The number of nitrogens with one attached hydrogen (secondary N) is 1. The highest BCUT2D eigenvalue weighted by atomic mass is 19.1. The lowest BCUT2D eigenvalue weighted by Crippen LogP contribution is -2.46. The van der Waals surface area contributed by atoms with Gasteiger partial charge in [-0.2, -0.15) is 0 Å². The summed E-state index contributed by atoms with van der Waals surface area (Å²) in [5, 5.41) is 2.96. The number of morpholine rings is 1. The van der Waals surface area contributed by atoms with E-state index < -0.39 is 41.9 Å². The smallest absolute Gasteiger partial charge is 0.299 e. The largest absolute Gasteiger partial charge is 0.378 e. The first-order valence-electron chi connectivity index (χ1n) is 16.0. The fourth-order valence-electron chi connectivity index (χ4n) is 6.09. The predicted octanol–water partition coefficient (Wildman–Crippen LogP) is 5.72. The molecule has 48 heavy (non-hydrogen) atoms. The molecule has 10 heteroatoms. The molecule has 246 valence electrons. The fourth-order valence-corrected chi connectivity index (χ4v) is 6.09. The Balaban J connectivity index is 1.36. The molecule has 0 spiro atoms. The number of hydrogen-bond donors (Lipinski definition) is 1. The van der Waals surface area contributed by atoms with E-state index in [1.54, 1.807) is 60.7 Å². The number of halogens is 1. The third-order valence-electron chi connectivity index (χ3n) is 8.78. The highest BCUT2D eigenvalue weighted by Gasteiger charge is 2.39. The molecule has 6 rings (SSSR count). The minimum absolute atomic E-state index is 0.196. The molecule has 1 unspecified atom stereocenters. The van der Waals surface area contributed by atoms with Crippen molar-refractivity contribution in [3.8, 4) is 0 Å². The van der Waals surface area contributed by atoms with Gasteiger partial charge in [-0.15, -0.1) is 0 Å². The number of amides is 3. The van der Waals surface area contributed by atoms with Crippen LogP contribution in [0.4, 0.5) is 21.5 Å². The van der Waals surface area contributed by atoms with Gasteiger partial charge >= 0.3 is 0 Å². The molecule has 0 aliphatic carbocycles. The van der Waals surface area contributed by atoms with Crippen LogP contribution in [0.3, 0.4) is 0 Å². The Hall–Kier alpha value is -5.35. The number of carbonyl (C=O) groups is 4. The van der Waals surface area contributed by atoms with Gasteiger partial charge in [0.15, 0.2) is 0 Å². The van der Waals surface area contributed by atoms with Crippen LogP contribution in [-0.2, 0) is 25.7 Å². The summed E-state index contributed by atoms with van der Waals surface area (Å²) < 4.78 is 20.6. The molecular formula is C38H37FN4O5. The molecule has 1 atom stereocenters. The highest BCUT2D eigenvalue weighted by Crippen LogP contribution is 2.32. The van der Waals surface area contributed by atoms with Crippen LogP contribution in [0.25, 0.3) is 0 Å². The molecule has 2 aliphatic rings. The Kier molecular flexibility index (Phi) is 9.63. The number of carbonyl (C=O) groups excluding carboxylic acids is 4. The Morgan fingerprint density at radius 1 is 0.854 bits per heavy atom. The van der Waals surface area contributed by atoms with Crippen molar-refractivity contribution in [1.82, 2.24) is 4.90 Å². The minimum Gasteiger partial charge on any atom is -0.378 e. The van der Waals surface area contributed by atoms with Crippen molar-refractivity contribution in [1.29, 1.82) is 0 Å². The lowest BCUT2D eigenvalue weighted by Gasteiger charge is -2.33. The van der Waals surface area contributed by atoms with Crippen molar-refractivity contribution in [3.05, 3.63) is 125 Å². The average molecular weight is 649 g/mol. The van der Waals surface area contributed by atoms with Gasteiger partial charge in [0.1, 0.15) is 18.4 Å². The molecule has 0 radical (unpaired) electrons. The maximum Gasteiger partial charge on any atom is 0.299 e. The van der Waals surface area contributed by atoms with E-state index in [9.17, 15) is 19.2 Å². The van der Waals surface area contributed by atoms with E-state index in [1.807, 2.05) is 24.3 Å². The van der Waals surface area contributed by atoms with Crippen LogP contribution in [-0.4, -0.2) is 61.3 Å². The molecule has 0 saturated carbocycles. The second kappa shape index (κ2) is 14.2. The van der Waals surface area contributed by atoms with Gasteiger partial charge in [0.05, 0.1) is 24.5 Å². The Labute approximate surface area is 278 Å². The number of Topliss-reactive ketones (excluding diaryl/α,β-unsaturated/α-hetero) is 1. The molecule has 4 aromatic rings. The molecule has 0 bridgehead atoms. The first kappa shape index (κ1) is 32.6. The van der Waals surface area contributed by atoms with Crippen LogP contribution in [0.15, 0.2) is 97.1 Å². The number of para-hydroxylation sites is 1. The van der Waals surface area contributed by atoms with Crippen molar-refractivity contribution in [2.45, 2.75) is 32.4 Å². The predicted molar refractivity (Wildman–Crippen MR) is 181 cm³/mol. The zero-order valence-electron chi connectivity index (χ0n) is 26.9. The zero-order chi connectivity index (χ0) is 33.8. The standard InChI is InChI=1S/C38H37FN4O5/c1-25(2)26-11-13-27(14-12-26)35(37(46)40-29-15-17-30(18-16-29)41-19-21-48-22-20-41)43(23-28-7-3-5-9-32(28)39)34(44)24-42-33-10-6-4-8-31(33)36(45)38(42)47/h3-18,25,35H,19-24H2,1-2H3,(H,40,46). The van der Waals surface area contributed by atoms with Crippen LogP contribution >= 0.6 is 0 Å². The number of rotatable bonds is 10. The van der Waals surface area contributed by atoms with E-state index in [2.05, 4.69) is 24.1 Å². The van der Waals surface area contributed by atoms with Gasteiger partial charge in [-0.3, -0.25) is 24.1 Å². The topological polar surface area (TPSA) is 99.3 Å². The van der Waals surface area contributed by atoms with Gasteiger partial charge in [-0.1, -0.05) is 68.4 Å². The normalized spacial score (nSPS) is 15.0. The number of hydrogen-bond acceptors (Lipinski definition) is 6. The summed E-state index contributed by atoms with van der Waals surface area (Å²) in [4.78, 5) is 59.1. The van der Waals surface area contributed by atoms with Gasteiger partial charge in [-0.05, 0) is 59.5 Å². The van der Waals surface area contributed by atoms with E-state index in [4.69, 9.17) is 4.74 Å². The van der Waals surface area contributed by atoms with Crippen LogP contribution in [0.1, 0.15) is 52.9 Å². The molecule has 1 fully saturated rings. The van der Waals surface area contributed by atoms with Gasteiger partial charge in [0.25, 0.3) is 17.6 Å². The third kappa shape index (κ3) is 6.84. The molecule has 2 aliphatic heterocycles. The summed E-state index contributed by atoms with van der Waals surface area (Å²) in [6.45, 7) is 6.15. The molecule has 0 aromatic heterocycles. The van der Waals surface area contributed by atoms with Gasteiger partial charge in [-0.25, -0.2) is 4.39 Å². The summed E-state index contributed by atoms with van der Waals surface area (Å²) in [6.07, 6.45) is 0. The first-order valence-corrected chi connectivity index (χ1v) is 16.0. The zero-order valence-corrected chi connectivity index (χ0v) is 26.9. The highest BCUT2D eigenvalue weighted by molar-refractivity contribution is 6.52. The lowest BCUT2D eigenvalue weighted by atomic mass is 9.97. The maximum absolute atomic E-state index is 15.1. The van der Waals surface area contributed by atoms with Crippen molar-refractivity contribution in [2.75, 3.05) is 48.0 Å². The van der Waals surface area contributed by atoms with Crippen LogP contribution in [0.2, 0.25) is 0 Å².